The van der Waals surface area contributed by atoms with Gasteiger partial charge in [-0.1, -0.05) is 38.5 Å². The molecule has 110 valence electrons. The van der Waals surface area contributed by atoms with Gasteiger partial charge < -0.3 is 5.32 Å². The molecule has 1 aliphatic carbocycles. The maximum absolute atomic E-state index is 4.91. The maximum atomic E-state index is 4.91. The number of rotatable bonds is 5. The fraction of sp³-hybridized carbons (Fsp3) is 0.933. The van der Waals surface area contributed by atoms with Crippen molar-refractivity contribution in [2.45, 2.75) is 63.2 Å². The van der Waals surface area contributed by atoms with Crippen LogP contribution in [0.5, 0.6) is 0 Å². The molecule has 19 heavy (non-hydrogen) atoms. The van der Waals surface area contributed by atoms with Crippen LogP contribution in [0.25, 0.3) is 0 Å². The highest BCUT2D eigenvalue weighted by Gasteiger charge is 2.31. The normalized spacial score (nSPS) is 29.9. The minimum absolute atomic E-state index is 0.346. The number of hydrogen-bond acceptors (Lipinski definition) is 3. The second kappa shape index (κ2) is 7.26. The van der Waals surface area contributed by atoms with E-state index in [-0.39, 0.29) is 0 Å². The molecule has 1 saturated carbocycles. The molecule has 2 aliphatic rings. The lowest BCUT2D eigenvalue weighted by Crippen LogP contribution is -2.46. The first kappa shape index (κ1) is 15.6. The largest absolute Gasteiger partial charge is 0.362 e. The molecule has 0 aromatic heterocycles. The summed E-state index contributed by atoms with van der Waals surface area (Å²) in [4.78, 5) is 4.91. The Balaban J connectivity index is 1.93. The second-order valence-electron chi connectivity index (χ2n) is 5.82. The third-order valence-electron chi connectivity index (χ3n) is 4.88. The molecular weight excluding hydrogens is 272 g/mol. The number of nitrogens with one attached hydrogen (secondary N) is 1. The fourth-order valence-electron chi connectivity index (χ4n) is 3.12. The summed E-state index contributed by atoms with van der Waals surface area (Å²) in [6.07, 6.45) is 10.2. The van der Waals surface area contributed by atoms with Crippen molar-refractivity contribution in [3.05, 3.63) is 0 Å². The summed E-state index contributed by atoms with van der Waals surface area (Å²) in [5.41, 5.74) is 0. The summed E-state index contributed by atoms with van der Waals surface area (Å²) >= 11 is 3.94. The van der Waals surface area contributed by atoms with Gasteiger partial charge in [0.25, 0.3) is 0 Å². The van der Waals surface area contributed by atoms with Crippen molar-refractivity contribution in [3.8, 4) is 0 Å². The van der Waals surface area contributed by atoms with Gasteiger partial charge in [0.05, 0.1) is 6.54 Å². The van der Waals surface area contributed by atoms with Crippen LogP contribution in [-0.2, 0) is 0 Å². The van der Waals surface area contributed by atoms with Gasteiger partial charge in [0.2, 0.25) is 0 Å². The van der Waals surface area contributed by atoms with Gasteiger partial charge in [-0.25, -0.2) is 0 Å². The Hall–Kier alpha value is 0.170. The first-order chi connectivity index (χ1) is 9.23. The number of amidine groups is 1. The van der Waals surface area contributed by atoms with Gasteiger partial charge >= 0.3 is 0 Å². The van der Waals surface area contributed by atoms with Crippen LogP contribution in [0.1, 0.15) is 52.4 Å². The van der Waals surface area contributed by atoms with Crippen LogP contribution in [-0.4, -0.2) is 34.5 Å². The van der Waals surface area contributed by atoms with E-state index in [1.54, 1.807) is 0 Å². The summed E-state index contributed by atoms with van der Waals surface area (Å²) in [6.45, 7) is 5.55. The van der Waals surface area contributed by atoms with Crippen molar-refractivity contribution >= 4 is 28.7 Å². The predicted molar refractivity (Wildman–Crippen MR) is 90.5 cm³/mol. The summed E-state index contributed by atoms with van der Waals surface area (Å²) in [7, 11) is 0. The van der Waals surface area contributed by atoms with Crippen LogP contribution in [0.3, 0.4) is 0 Å². The van der Waals surface area contributed by atoms with E-state index < -0.39 is 0 Å². The smallest absolute Gasteiger partial charge is 0.156 e. The average molecular weight is 301 g/mol. The van der Waals surface area contributed by atoms with E-state index in [0.29, 0.717) is 10.8 Å². The third-order valence-corrected chi connectivity index (χ3v) is 7.57. The van der Waals surface area contributed by atoms with Crippen molar-refractivity contribution in [3.63, 3.8) is 0 Å². The molecular formula is C15H28N2S2. The Morgan fingerprint density at radius 3 is 2.74 bits per heavy atom. The van der Waals surface area contributed by atoms with E-state index in [1.165, 1.54) is 49.4 Å². The Morgan fingerprint density at radius 1 is 1.32 bits per heavy atom. The summed E-state index contributed by atoms with van der Waals surface area (Å²) < 4.78 is 0.346. The molecule has 0 amide bonds. The molecule has 0 radical (unpaired) electrons. The molecule has 2 nitrogen and oxygen atoms in total. The summed E-state index contributed by atoms with van der Waals surface area (Å²) in [6, 6.07) is 0.709. The zero-order chi connectivity index (χ0) is 13.7. The Bertz CT molecular complexity index is 305. The van der Waals surface area contributed by atoms with Crippen LogP contribution in [0.15, 0.2) is 4.99 Å². The Kier molecular flexibility index (Phi) is 5.94. The monoisotopic (exact) mass is 300 g/mol. The highest BCUT2D eigenvalue weighted by atomic mass is 32.2. The third kappa shape index (κ3) is 3.84. The average Bonchev–Trinajstić information content (AvgIpc) is 2.49. The van der Waals surface area contributed by atoms with Gasteiger partial charge in [-0.15, -0.1) is 0 Å². The highest BCUT2D eigenvalue weighted by Crippen LogP contribution is 2.33. The molecule has 0 aromatic carbocycles. The quantitative estimate of drug-likeness (QED) is 0.825. The first-order valence-electron chi connectivity index (χ1n) is 7.72. The molecule has 0 bridgehead atoms. The van der Waals surface area contributed by atoms with Crippen LogP contribution < -0.4 is 5.32 Å². The van der Waals surface area contributed by atoms with Gasteiger partial charge in [0.1, 0.15) is 0 Å². The SMILES string of the molecule is CCC(CC)(CN=C1NC2CCCCC2CS1)SC. The topological polar surface area (TPSA) is 24.4 Å². The van der Waals surface area contributed by atoms with Crippen LogP contribution in [0.2, 0.25) is 0 Å². The zero-order valence-corrected chi connectivity index (χ0v) is 14.2. The minimum atomic E-state index is 0.346. The van der Waals surface area contributed by atoms with E-state index in [4.69, 9.17) is 4.99 Å². The number of fused-ring (bicyclic) bond motifs is 1. The van der Waals surface area contributed by atoms with Crippen LogP contribution in [0.4, 0.5) is 0 Å². The van der Waals surface area contributed by atoms with Gasteiger partial charge in [0, 0.05) is 16.5 Å². The summed E-state index contributed by atoms with van der Waals surface area (Å²) in [5.74, 6) is 2.17. The van der Waals surface area contributed by atoms with Crippen molar-refractivity contribution in [1.29, 1.82) is 0 Å². The lowest BCUT2D eigenvalue weighted by molar-refractivity contribution is 0.311. The zero-order valence-electron chi connectivity index (χ0n) is 12.6. The van der Waals surface area contributed by atoms with Crippen molar-refractivity contribution in [2.24, 2.45) is 10.9 Å². The molecule has 2 atom stereocenters. The van der Waals surface area contributed by atoms with Crippen molar-refractivity contribution in [2.75, 3.05) is 18.6 Å². The molecule has 1 saturated heterocycles. The van der Waals surface area contributed by atoms with Gasteiger partial charge in [-0.05, 0) is 37.9 Å². The molecule has 0 spiro atoms. The van der Waals surface area contributed by atoms with E-state index in [1.807, 2.05) is 23.5 Å². The van der Waals surface area contributed by atoms with Crippen molar-refractivity contribution < 1.29 is 0 Å². The Labute approximate surface area is 127 Å². The molecule has 1 aliphatic heterocycles. The van der Waals surface area contributed by atoms with Gasteiger partial charge in [-0.2, -0.15) is 11.8 Å². The maximum Gasteiger partial charge on any atom is 0.156 e. The minimum Gasteiger partial charge on any atom is -0.362 e. The molecule has 0 aromatic rings. The standard InChI is InChI=1S/C15H28N2S2/c1-4-15(5-2,18-3)11-16-14-17-13-9-7-6-8-12(13)10-19-14/h12-13H,4-11H2,1-3H3,(H,16,17). The first-order valence-corrected chi connectivity index (χ1v) is 9.93. The molecule has 2 rings (SSSR count). The number of aliphatic imine (C=N–C) groups is 1. The second-order valence-corrected chi connectivity index (χ2v) is 8.10. The number of hydrogen-bond donors (Lipinski definition) is 1. The summed E-state index contributed by atoms with van der Waals surface area (Å²) in [5, 5.41) is 4.92. The van der Waals surface area contributed by atoms with Crippen LogP contribution >= 0.6 is 23.5 Å². The van der Waals surface area contributed by atoms with Crippen LogP contribution in [0, 0.1) is 5.92 Å². The predicted octanol–water partition coefficient (Wildman–Crippen LogP) is 4.16. The van der Waals surface area contributed by atoms with E-state index in [9.17, 15) is 0 Å². The molecule has 2 unspecified atom stereocenters. The van der Waals surface area contributed by atoms with Gasteiger partial charge in [-0.3, -0.25) is 4.99 Å². The molecule has 1 heterocycles. The van der Waals surface area contributed by atoms with Crippen molar-refractivity contribution in [1.82, 2.24) is 5.32 Å². The van der Waals surface area contributed by atoms with E-state index >= 15 is 0 Å². The van der Waals surface area contributed by atoms with Gasteiger partial charge in [0.15, 0.2) is 5.17 Å². The molecule has 2 fully saturated rings. The number of nitrogens with zero attached hydrogens (tertiary/aromatic N) is 1. The molecule has 1 N–H and O–H groups in total. The fourth-order valence-corrected chi connectivity index (χ4v) is 5.05. The molecule has 4 heteroatoms. The highest BCUT2D eigenvalue weighted by molar-refractivity contribution is 8.13. The van der Waals surface area contributed by atoms with E-state index in [0.717, 1.165) is 12.5 Å². The van der Waals surface area contributed by atoms with E-state index in [2.05, 4.69) is 25.4 Å². The number of thioether (sulfide) groups is 2. The lowest BCUT2D eigenvalue weighted by atomic mass is 9.86. The Morgan fingerprint density at radius 2 is 2.05 bits per heavy atom. The lowest BCUT2D eigenvalue weighted by Gasteiger charge is -2.37.